The van der Waals surface area contributed by atoms with E-state index < -0.39 is 6.10 Å². The minimum absolute atomic E-state index is 0.0338. The van der Waals surface area contributed by atoms with Crippen LogP contribution in [0.4, 0.5) is 0 Å². The normalized spacial score (nSPS) is 18.7. The van der Waals surface area contributed by atoms with Gasteiger partial charge in [-0.25, -0.2) is 4.98 Å². The first-order chi connectivity index (χ1) is 15.2. The number of piperazine rings is 1. The van der Waals surface area contributed by atoms with Gasteiger partial charge in [-0.05, 0) is 24.3 Å². The molecule has 3 aromatic rings. The molecule has 0 unspecified atom stereocenters. The second kappa shape index (κ2) is 8.61. The SMILES string of the molecule is O=C([C@H]1COc2ccccc2O1)N1CCN(Cc2ncc(-c3cccc(Cl)c3)o2)CC1. The molecule has 1 atom stereocenters. The summed E-state index contributed by atoms with van der Waals surface area (Å²) in [4.78, 5) is 21.3. The fraction of sp³-hybridized carbons (Fsp3) is 0.304. The molecule has 160 valence electrons. The predicted octanol–water partition coefficient (Wildman–Crippen LogP) is 3.48. The van der Waals surface area contributed by atoms with Crippen molar-refractivity contribution in [3.63, 3.8) is 0 Å². The molecule has 2 aliphatic heterocycles. The Hall–Kier alpha value is -3.03. The molecule has 1 saturated heterocycles. The highest BCUT2D eigenvalue weighted by molar-refractivity contribution is 6.30. The number of rotatable bonds is 4. The molecule has 1 aromatic heterocycles. The summed E-state index contributed by atoms with van der Waals surface area (Å²) >= 11 is 6.06. The number of benzene rings is 2. The Bertz CT molecular complexity index is 1080. The summed E-state index contributed by atoms with van der Waals surface area (Å²) in [6, 6.07) is 14.9. The van der Waals surface area contributed by atoms with Crippen LogP contribution in [0.1, 0.15) is 5.89 Å². The van der Waals surface area contributed by atoms with Gasteiger partial charge in [0.25, 0.3) is 5.91 Å². The number of hydrogen-bond donors (Lipinski definition) is 0. The van der Waals surface area contributed by atoms with Gasteiger partial charge in [0, 0.05) is 36.8 Å². The van der Waals surface area contributed by atoms with Gasteiger partial charge in [-0.3, -0.25) is 9.69 Å². The third-order valence-corrected chi connectivity index (χ3v) is 5.72. The first-order valence-electron chi connectivity index (χ1n) is 10.3. The lowest BCUT2D eigenvalue weighted by molar-refractivity contribution is -0.143. The van der Waals surface area contributed by atoms with Crippen molar-refractivity contribution >= 4 is 17.5 Å². The van der Waals surface area contributed by atoms with Crippen LogP contribution >= 0.6 is 11.6 Å². The third kappa shape index (κ3) is 4.38. The van der Waals surface area contributed by atoms with Crippen LogP contribution in [0.5, 0.6) is 11.5 Å². The van der Waals surface area contributed by atoms with Crippen LogP contribution in [0.3, 0.4) is 0 Å². The molecule has 2 aliphatic rings. The first kappa shape index (κ1) is 19.9. The van der Waals surface area contributed by atoms with Crippen molar-refractivity contribution < 1.29 is 18.7 Å². The third-order valence-electron chi connectivity index (χ3n) is 5.49. The van der Waals surface area contributed by atoms with Crippen molar-refractivity contribution in [1.29, 1.82) is 0 Å². The number of ether oxygens (including phenoxy) is 2. The van der Waals surface area contributed by atoms with Gasteiger partial charge >= 0.3 is 0 Å². The average molecular weight is 440 g/mol. The first-order valence-corrected chi connectivity index (χ1v) is 10.6. The van der Waals surface area contributed by atoms with E-state index in [4.69, 9.17) is 25.5 Å². The van der Waals surface area contributed by atoms with Crippen molar-refractivity contribution in [2.75, 3.05) is 32.8 Å². The summed E-state index contributed by atoms with van der Waals surface area (Å²) in [7, 11) is 0. The minimum atomic E-state index is -0.603. The lowest BCUT2D eigenvalue weighted by Crippen LogP contribution is -2.53. The molecule has 3 heterocycles. The van der Waals surface area contributed by atoms with Gasteiger partial charge in [-0.1, -0.05) is 35.9 Å². The summed E-state index contributed by atoms with van der Waals surface area (Å²) < 4.78 is 17.4. The second-order valence-corrected chi connectivity index (χ2v) is 8.03. The standard InChI is InChI=1S/C23H22ClN3O4/c24-17-5-3-4-16(12-17)20-13-25-22(31-20)14-26-8-10-27(11-9-26)23(28)21-15-29-18-6-1-2-7-19(18)30-21/h1-7,12-13,21H,8-11,14-15H2/t21-/m1/s1. The molecule has 1 fully saturated rings. The highest BCUT2D eigenvalue weighted by Crippen LogP contribution is 2.31. The lowest BCUT2D eigenvalue weighted by Gasteiger charge is -2.36. The van der Waals surface area contributed by atoms with Gasteiger partial charge in [-0.2, -0.15) is 0 Å². The smallest absolute Gasteiger partial charge is 0.267 e. The van der Waals surface area contributed by atoms with Gasteiger partial charge in [0.15, 0.2) is 17.3 Å². The molecule has 31 heavy (non-hydrogen) atoms. The number of amides is 1. The molecule has 0 N–H and O–H groups in total. The zero-order valence-corrected chi connectivity index (χ0v) is 17.6. The lowest BCUT2D eigenvalue weighted by atomic mass is 10.2. The Morgan fingerprint density at radius 2 is 1.87 bits per heavy atom. The van der Waals surface area contributed by atoms with Crippen molar-refractivity contribution in [1.82, 2.24) is 14.8 Å². The summed E-state index contributed by atoms with van der Waals surface area (Å²) in [6.07, 6.45) is 1.12. The van der Waals surface area contributed by atoms with Crippen molar-refractivity contribution in [3.05, 3.63) is 65.6 Å². The molecule has 0 spiro atoms. The number of para-hydroxylation sites is 2. The molecule has 7 nitrogen and oxygen atoms in total. The van der Waals surface area contributed by atoms with E-state index in [1.165, 1.54) is 0 Å². The van der Waals surface area contributed by atoms with E-state index in [0.717, 1.165) is 18.7 Å². The Kier molecular flexibility index (Phi) is 5.53. The van der Waals surface area contributed by atoms with Crippen LogP contribution in [0.25, 0.3) is 11.3 Å². The largest absolute Gasteiger partial charge is 0.485 e. The molecule has 0 saturated carbocycles. The molecule has 2 aromatic carbocycles. The topological polar surface area (TPSA) is 68.0 Å². The number of oxazole rings is 1. The quantitative estimate of drug-likeness (QED) is 0.620. The highest BCUT2D eigenvalue weighted by atomic mass is 35.5. The maximum atomic E-state index is 12.9. The zero-order valence-electron chi connectivity index (χ0n) is 16.9. The molecular weight excluding hydrogens is 418 g/mol. The van der Waals surface area contributed by atoms with E-state index >= 15 is 0 Å². The van der Waals surface area contributed by atoms with E-state index in [1.807, 2.05) is 53.4 Å². The second-order valence-electron chi connectivity index (χ2n) is 7.59. The fourth-order valence-corrected chi connectivity index (χ4v) is 4.01. The molecule has 8 heteroatoms. The zero-order chi connectivity index (χ0) is 21.2. The highest BCUT2D eigenvalue weighted by Gasteiger charge is 2.32. The Morgan fingerprint density at radius 1 is 1.06 bits per heavy atom. The van der Waals surface area contributed by atoms with E-state index in [0.29, 0.717) is 47.8 Å². The number of aromatic nitrogens is 1. The number of carbonyl (C=O) groups is 1. The summed E-state index contributed by atoms with van der Waals surface area (Å²) in [6.45, 7) is 3.57. The number of carbonyl (C=O) groups excluding carboxylic acids is 1. The number of hydrogen-bond acceptors (Lipinski definition) is 6. The summed E-state index contributed by atoms with van der Waals surface area (Å²) in [5.41, 5.74) is 0.901. The molecular formula is C23H22ClN3O4. The van der Waals surface area contributed by atoms with E-state index in [9.17, 15) is 4.79 Å². The van der Waals surface area contributed by atoms with Gasteiger partial charge in [0.2, 0.25) is 12.0 Å². The van der Waals surface area contributed by atoms with Crippen LogP contribution in [-0.4, -0.2) is 59.6 Å². The monoisotopic (exact) mass is 439 g/mol. The average Bonchev–Trinajstić information content (AvgIpc) is 3.27. The number of halogens is 1. The summed E-state index contributed by atoms with van der Waals surface area (Å²) in [5, 5.41) is 0.659. The Balaban J connectivity index is 1.15. The van der Waals surface area contributed by atoms with Crippen molar-refractivity contribution in [3.8, 4) is 22.8 Å². The van der Waals surface area contributed by atoms with E-state index in [1.54, 1.807) is 6.20 Å². The van der Waals surface area contributed by atoms with Gasteiger partial charge in [0.1, 0.15) is 6.61 Å². The minimum Gasteiger partial charge on any atom is -0.485 e. The van der Waals surface area contributed by atoms with Gasteiger partial charge in [0.05, 0.1) is 12.7 Å². The van der Waals surface area contributed by atoms with Gasteiger partial charge in [-0.15, -0.1) is 0 Å². The van der Waals surface area contributed by atoms with E-state index in [2.05, 4.69) is 9.88 Å². The molecule has 0 bridgehead atoms. The molecule has 0 radical (unpaired) electrons. The fourth-order valence-electron chi connectivity index (χ4n) is 3.82. The van der Waals surface area contributed by atoms with Gasteiger partial charge < -0.3 is 18.8 Å². The number of nitrogens with zero attached hydrogens (tertiary/aromatic N) is 3. The van der Waals surface area contributed by atoms with E-state index in [-0.39, 0.29) is 12.5 Å². The Morgan fingerprint density at radius 3 is 2.68 bits per heavy atom. The van der Waals surface area contributed by atoms with Crippen molar-refractivity contribution in [2.24, 2.45) is 0 Å². The molecule has 5 rings (SSSR count). The molecule has 1 amide bonds. The van der Waals surface area contributed by atoms with Crippen LogP contribution in [0.2, 0.25) is 5.02 Å². The predicted molar refractivity (Wildman–Crippen MR) is 115 cm³/mol. The summed E-state index contributed by atoms with van der Waals surface area (Å²) in [5.74, 6) is 2.61. The Labute approximate surface area is 185 Å². The maximum Gasteiger partial charge on any atom is 0.267 e. The number of fused-ring (bicyclic) bond motifs is 1. The van der Waals surface area contributed by atoms with Crippen LogP contribution in [0, 0.1) is 0 Å². The maximum absolute atomic E-state index is 12.9. The molecule has 0 aliphatic carbocycles. The van der Waals surface area contributed by atoms with Crippen LogP contribution in [-0.2, 0) is 11.3 Å². The van der Waals surface area contributed by atoms with Crippen molar-refractivity contribution in [2.45, 2.75) is 12.6 Å². The van der Waals surface area contributed by atoms with Crippen LogP contribution < -0.4 is 9.47 Å². The van der Waals surface area contributed by atoms with Crippen LogP contribution in [0.15, 0.2) is 59.1 Å².